The van der Waals surface area contributed by atoms with Crippen molar-refractivity contribution in [3.05, 3.63) is 60.7 Å². The molecule has 0 aliphatic carbocycles. The topological polar surface area (TPSA) is 67.1 Å². The fourth-order valence-electron chi connectivity index (χ4n) is 2.54. The average molecular weight is 322 g/mol. The SMILES string of the molecule is CN=C(NCCCn1cnc2ccccc21)NCc1ccccn1. The summed E-state index contributed by atoms with van der Waals surface area (Å²) in [6.07, 6.45) is 4.69. The molecule has 6 nitrogen and oxygen atoms in total. The van der Waals surface area contributed by atoms with E-state index in [0.29, 0.717) is 6.54 Å². The molecule has 0 atom stereocenters. The summed E-state index contributed by atoms with van der Waals surface area (Å²) in [4.78, 5) is 12.9. The molecule has 0 unspecified atom stereocenters. The summed E-state index contributed by atoms with van der Waals surface area (Å²) >= 11 is 0. The van der Waals surface area contributed by atoms with E-state index in [9.17, 15) is 0 Å². The van der Waals surface area contributed by atoms with Crippen molar-refractivity contribution in [2.75, 3.05) is 13.6 Å². The van der Waals surface area contributed by atoms with E-state index in [1.807, 2.05) is 42.7 Å². The summed E-state index contributed by atoms with van der Waals surface area (Å²) in [6.45, 7) is 2.42. The molecule has 6 heteroatoms. The number of hydrogen-bond acceptors (Lipinski definition) is 3. The predicted molar refractivity (Wildman–Crippen MR) is 96.8 cm³/mol. The third-order valence-electron chi connectivity index (χ3n) is 3.78. The van der Waals surface area contributed by atoms with Gasteiger partial charge in [-0.05, 0) is 30.7 Å². The lowest BCUT2D eigenvalue weighted by molar-refractivity contribution is 0.636. The van der Waals surface area contributed by atoms with Gasteiger partial charge < -0.3 is 15.2 Å². The molecule has 3 aromatic rings. The fourth-order valence-corrected chi connectivity index (χ4v) is 2.54. The summed E-state index contributed by atoms with van der Waals surface area (Å²) in [6, 6.07) is 14.1. The molecule has 0 fully saturated rings. The number of nitrogens with one attached hydrogen (secondary N) is 2. The van der Waals surface area contributed by atoms with Gasteiger partial charge in [-0.15, -0.1) is 0 Å². The number of imidazole rings is 1. The van der Waals surface area contributed by atoms with Gasteiger partial charge in [0.05, 0.1) is 29.6 Å². The molecule has 2 N–H and O–H groups in total. The number of benzene rings is 1. The molecule has 0 radical (unpaired) electrons. The Morgan fingerprint density at radius 1 is 1.08 bits per heavy atom. The standard InChI is InChI=1S/C18H22N6/c1-19-18(22-13-15-7-4-5-10-20-15)21-11-6-12-24-14-23-16-8-2-3-9-17(16)24/h2-5,7-10,14H,6,11-13H2,1H3,(H2,19,21,22). The monoisotopic (exact) mass is 322 g/mol. The van der Waals surface area contributed by atoms with Crippen LogP contribution < -0.4 is 10.6 Å². The molecule has 2 aromatic heterocycles. The molecular weight excluding hydrogens is 300 g/mol. The molecule has 2 heterocycles. The lowest BCUT2D eigenvalue weighted by Gasteiger charge is -2.12. The van der Waals surface area contributed by atoms with Gasteiger partial charge in [0.1, 0.15) is 0 Å². The maximum Gasteiger partial charge on any atom is 0.191 e. The van der Waals surface area contributed by atoms with Crippen molar-refractivity contribution in [2.45, 2.75) is 19.5 Å². The minimum absolute atomic E-state index is 0.659. The van der Waals surface area contributed by atoms with Crippen LogP contribution in [0, 0.1) is 0 Å². The summed E-state index contributed by atoms with van der Waals surface area (Å²) in [5, 5.41) is 6.59. The lowest BCUT2D eigenvalue weighted by Crippen LogP contribution is -2.37. The largest absolute Gasteiger partial charge is 0.356 e. The first-order chi connectivity index (χ1) is 11.9. The number of rotatable bonds is 6. The highest BCUT2D eigenvalue weighted by Gasteiger charge is 2.02. The third-order valence-corrected chi connectivity index (χ3v) is 3.78. The smallest absolute Gasteiger partial charge is 0.191 e. The van der Waals surface area contributed by atoms with Gasteiger partial charge in [-0.25, -0.2) is 4.98 Å². The van der Waals surface area contributed by atoms with Gasteiger partial charge in [-0.2, -0.15) is 0 Å². The second-order valence-corrected chi connectivity index (χ2v) is 5.45. The molecule has 0 saturated heterocycles. The fraction of sp³-hybridized carbons (Fsp3) is 0.278. The molecule has 124 valence electrons. The Kier molecular flexibility index (Phi) is 5.40. The van der Waals surface area contributed by atoms with Crippen LogP contribution >= 0.6 is 0 Å². The Bertz CT molecular complexity index is 793. The Morgan fingerprint density at radius 2 is 1.96 bits per heavy atom. The molecule has 0 spiro atoms. The molecule has 24 heavy (non-hydrogen) atoms. The predicted octanol–water partition coefficient (Wildman–Crippen LogP) is 2.19. The zero-order chi connectivity index (χ0) is 16.6. The van der Waals surface area contributed by atoms with Crippen molar-refractivity contribution in [1.82, 2.24) is 25.2 Å². The maximum absolute atomic E-state index is 4.41. The average Bonchev–Trinajstić information content (AvgIpc) is 3.05. The number of hydrogen-bond donors (Lipinski definition) is 2. The summed E-state index contributed by atoms with van der Waals surface area (Å²) in [5.74, 6) is 0.788. The first-order valence-corrected chi connectivity index (χ1v) is 8.11. The van der Waals surface area contributed by atoms with Gasteiger partial charge >= 0.3 is 0 Å². The molecule has 0 saturated carbocycles. The number of para-hydroxylation sites is 2. The molecule has 0 amide bonds. The van der Waals surface area contributed by atoms with Crippen LogP contribution in [0.15, 0.2) is 60.0 Å². The van der Waals surface area contributed by atoms with Crippen LogP contribution in [0.4, 0.5) is 0 Å². The number of pyridine rings is 1. The normalized spacial score (nSPS) is 11.6. The third kappa shape index (κ3) is 4.10. The zero-order valence-electron chi connectivity index (χ0n) is 13.8. The zero-order valence-corrected chi connectivity index (χ0v) is 13.8. The van der Waals surface area contributed by atoms with Crippen LogP contribution in [-0.4, -0.2) is 34.1 Å². The van der Waals surface area contributed by atoms with E-state index in [1.165, 1.54) is 5.52 Å². The van der Waals surface area contributed by atoms with Gasteiger partial charge in [0.2, 0.25) is 0 Å². The van der Waals surface area contributed by atoms with Crippen LogP contribution in [0.2, 0.25) is 0 Å². The second-order valence-electron chi connectivity index (χ2n) is 5.45. The van der Waals surface area contributed by atoms with Crippen molar-refractivity contribution in [3.63, 3.8) is 0 Å². The molecule has 3 rings (SSSR count). The Labute approximate surface area is 141 Å². The summed E-state index contributed by atoms with van der Waals surface area (Å²) in [7, 11) is 1.77. The van der Waals surface area contributed by atoms with E-state index >= 15 is 0 Å². The molecule has 0 bridgehead atoms. The highest BCUT2D eigenvalue weighted by atomic mass is 15.2. The van der Waals surface area contributed by atoms with E-state index < -0.39 is 0 Å². The van der Waals surface area contributed by atoms with Crippen molar-refractivity contribution in [2.24, 2.45) is 4.99 Å². The van der Waals surface area contributed by atoms with Crippen LogP contribution in [0.5, 0.6) is 0 Å². The van der Waals surface area contributed by atoms with Crippen LogP contribution in [0.25, 0.3) is 11.0 Å². The highest BCUT2D eigenvalue weighted by molar-refractivity contribution is 5.79. The van der Waals surface area contributed by atoms with Crippen molar-refractivity contribution in [1.29, 1.82) is 0 Å². The van der Waals surface area contributed by atoms with Crippen molar-refractivity contribution >= 4 is 17.0 Å². The number of guanidine groups is 1. The number of fused-ring (bicyclic) bond motifs is 1. The van der Waals surface area contributed by atoms with Gasteiger partial charge in [0.25, 0.3) is 0 Å². The molecule has 0 aliphatic rings. The van der Waals surface area contributed by atoms with Crippen molar-refractivity contribution in [3.8, 4) is 0 Å². The van der Waals surface area contributed by atoms with Gasteiger partial charge in [0.15, 0.2) is 5.96 Å². The number of aromatic nitrogens is 3. The molecule has 1 aromatic carbocycles. The summed E-state index contributed by atoms with van der Waals surface area (Å²) < 4.78 is 2.18. The van der Waals surface area contributed by atoms with Crippen molar-refractivity contribution < 1.29 is 0 Å². The Morgan fingerprint density at radius 3 is 2.79 bits per heavy atom. The minimum atomic E-state index is 0.659. The number of aryl methyl sites for hydroxylation is 1. The van der Waals surface area contributed by atoms with Crippen LogP contribution in [-0.2, 0) is 13.1 Å². The van der Waals surface area contributed by atoms with E-state index in [1.54, 1.807) is 13.2 Å². The first kappa shape index (κ1) is 16.0. The van der Waals surface area contributed by atoms with E-state index in [-0.39, 0.29) is 0 Å². The number of aliphatic imine (C=N–C) groups is 1. The highest BCUT2D eigenvalue weighted by Crippen LogP contribution is 2.11. The quantitative estimate of drug-likeness (QED) is 0.415. The molecular formula is C18H22N6. The van der Waals surface area contributed by atoms with E-state index in [0.717, 1.165) is 36.7 Å². The first-order valence-electron chi connectivity index (χ1n) is 8.11. The van der Waals surface area contributed by atoms with Gasteiger partial charge in [-0.3, -0.25) is 9.98 Å². The minimum Gasteiger partial charge on any atom is -0.356 e. The van der Waals surface area contributed by atoms with E-state index in [2.05, 4.69) is 36.2 Å². The number of nitrogens with zero attached hydrogens (tertiary/aromatic N) is 4. The van der Waals surface area contributed by atoms with E-state index in [4.69, 9.17) is 0 Å². The second kappa shape index (κ2) is 8.10. The van der Waals surface area contributed by atoms with Gasteiger partial charge in [-0.1, -0.05) is 18.2 Å². The Balaban J connectivity index is 1.43. The van der Waals surface area contributed by atoms with Crippen LogP contribution in [0.3, 0.4) is 0 Å². The molecule has 0 aliphatic heterocycles. The van der Waals surface area contributed by atoms with Gasteiger partial charge in [0, 0.05) is 26.3 Å². The van der Waals surface area contributed by atoms with Crippen LogP contribution in [0.1, 0.15) is 12.1 Å². The summed E-state index contributed by atoms with van der Waals surface area (Å²) in [5.41, 5.74) is 3.21. The lowest BCUT2D eigenvalue weighted by atomic mass is 10.3. The maximum atomic E-state index is 4.41. The Hall–Kier alpha value is -2.89.